The number of halogens is 1. The van der Waals surface area contributed by atoms with Crippen molar-refractivity contribution in [3.8, 4) is 0 Å². The second-order valence-electron chi connectivity index (χ2n) is 5.92. The SMILES string of the molecule is CC(C)(C)CC1Cc2cccc(Cl)c2C1. The van der Waals surface area contributed by atoms with Crippen molar-refractivity contribution in [3.63, 3.8) is 0 Å². The van der Waals surface area contributed by atoms with Crippen molar-refractivity contribution in [3.05, 3.63) is 34.3 Å². The summed E-state index contributed by atoms with van der Waals surface area (Å²) in [4.78, 5) is 0. The Bertz CT molecular complexity index is 360. The van der Waals surface area contributed by atoms with Gasteiger partial charge >= 0.3 is 0 Å². The first kappa shape index (κ1) is 11.0. The Hall–Kier alpha value is -0.490. The number of hydrogen-bond acceptors (Lipinski definition) is 0. The zero-order valence-corrected chi connectivity index (χ0v) is 10.6. The summed E-state index contributed by atoms with van der Waals surface area (Å²) in [7, 11) is 0. The van der Waals surface area contributed by atoms with Crippen LogP contribution in [0.15, 0.2) is 18.2 Å². The minimum atomic E-state index is 0.430. The van der Waals surface area contributed by atoms with E-state index in [9.17, 15) is 0 Å². The highest BCUT2D eigenvalue weighted by Gasteiger charge is 2.26. The van der Waals surface area contributed by atoms with Crippen LogP contribution in [-0.4, -0.2) is 0 Å². The number of benzene rings is 1. The summed E-state index contributed by atoms with van der Waals surface area (Å²) in [5.41, 5.74) is 3.30. The Balaban J connectivity index is 2.13. The minimum absolute atomic E-state index is 0.430. The fourth-order valence-electron chi connectivity index (χ4n) is 2.71. The van der Waals surface area contributed by atoms with E-state index in [-0.39, 0.29) is 0 Å². The number of fused-ring (bicyclic) bond motifs is 1. The zero-order chi connectivity index (χ0) is 11.1. The molecule has 0 nitrogen and oxygen atoms in total. The van der Waals surface area contributed by atoms with Crippen molar-refractivity contribution in [1.29, 1.82) is 0 Å². The molecule has 1 heteroatoms. The van der Waals surface area contributed by atoms with Gasteiger partial charge in [0.25, 0.3) is 0 Å². The van der Waals surface area contributed by atoms with Crippen LogP contribution >= 0.6 is 11.6 Å². The zero-order valence-electron chi connectivity index (χ0n) is 9.81. The van der Waals surface area contributed by atoms with Crippen molar-refractivity contribution < 1.29 is 0 Å². The van der Waals surface area contributed by atoms with E-state index in [1.54, 1.807) is 0 Å². The van der Waals surface area contributed by atoms with Crippen LogP contribution in [0.3, 0.4) is 0 Å². The van der Waals surface area contributed by atoms with Crippen LogP contribution in [0.4, 0.5) is 0 Å². The third-order valence-electron chi connectivity index (χ3n) is 3.12. The van der Waals surface area contributed by atoms with Crippen LogP contribution in [0.1, 0.15) is 38.3 Å². The fourth-order valence-corrected chi connectivity index (χ4v) is 2.98. The molecule has 1 unspecified atom stereocenters. The molecule has 0 radical (unpaired) electrons. The number of hydrogen-bond donors (Lipinski definition) is 0. The third-order valence-corrected chi connectivity index (χ3v) is 3.47. The molecule has 0 heterocycles. The van der Waals surface area contributed by atoms with Gasteiger partial charge in [-0.3, -0.25) is 0 Å². The van der Waals surface area contributed by atoms with Crippen molar-refractivity contribution in [2.45, 2.75) is 40.0 Å². The van der Waals surface area contributed by atoms with Gasteiger partial charge in [0.2, 0.25) is 0 Å². The molecule has 0 fully saturated rings. The summed E-state index contributed by atoms with van der Waals surface area (Å²) in [5.74, 6) is 0.792. The highest BCUT2D eigenvalue weighted by molar-refractivity contribution is 6.31. The van der Waals surface area contributed by atoms with Crippen LogP contribution in [0, 0.1) is 11.3 Å². The fraction of sp³-hybridized carbons (Fsp3) is 0.571. The molecule has 1 aliphatic carbocycles. The molecule has 1 atom stereocenters. The maximum atomic E-state index is 6.21. The standard InChI is InChI=1S/C14H19Cl/c1-14(2,3)9-10-7-11-5-4-6-13(15)12(11)8-10/h4-6,10H,7-9H2,1-3H3. The molecule has 1 aliphatic rings. The lowest BCUT2D eigenvalue weighted by Gasteiger charge is -2.22. The Kier molecular flexibility index (Phi) is 2.81. The van der Waals surface area contributed by atoms with Gasteiger partial charge in [0.15, 0.2) is 0 Å². The second kappa shape index (κ2) is 3.83. The smallest absolute Gasteiger partial charge is 0.0440 e. The highest BCUT2D eigenvalue weighted by Crippen LogP contribution is 2.37. The molecule has 2 rings (SSSR count). The summed E-state index contributed by atoms with van der Waals surface area (Å²) in [6.07, 6.45) is 3.68. The van der Waals surface area contributed by atoms with Crippen LogP contribution < -0.4 is 0 Å². The molecule has 0 N–H and O–H groups in total. The van der Waals surface area contributed by atoms with Crippen molar-refractivity contribution in [2.75, 3.05) is 0 Å². The summed E-state index contributed by atoms with van der Waals surface area (Å²) in [6.45, 7) is 6.95. The lowest BCUT2D eigenvalue weighted by Crippen LogP contribution is -2.13. The molecule has 82 valence electrons. The first-order chi connectivity index (χ1) is 6.96. The molecule has 0 saturated heterocycles. The van der Waals surface area contributed by atoms with Crippen molar-refractivity contribution in [1.82, 2.24) is 0 Å². The molecule has 1 aromatic rings. The first-order valence-electron chi connectivity index (χ1n) is 5.72. The van der Waals surface area contributed by atoms with Crippen LogP contribution in [0.5, 0.6) is 0 Å². The van der Waals surface area contributed by atoms with Crippen LogP contribution in [-0.2, 0) is 12.8 Å². The van der Waals surface area contributed by atoms with E-state index in [4.69, 9.17) is 11.6 Å². The summed E-state index contributed by atoms with van der Waals surface area (Å²) in [5, 5.41) is 0.962. The van der Waals surface area contributed by atoms with Gasteiger partial charge in [-0.25, -0.2) is 0 Å². The molecule has 0 bridgehead atoms. The summed E-state index contributed by atoms with van der Waals surface area (Å²) < 4.78 is 0. The maximum Gasteiger partial charge on any atom is 0.0440 e. The molecule has 1 aromatic carbocycles. The van der Waals surface area contributed by atoms with E-state index in [0.29, 0.717) is 5.41 Å². The van der Waals surface area contributed by atoms with Crippen molar-refractivity contribution >= 4 is 11.6 Å². The molecule has 0 amide bonds. The van der Waals surface area contributed by atoms with Gasteiger partial charge < -0.3 is 0 Å². The lowest BCUT2D eigenvalue weighted by molar-refractivity contribution is 0.300. The van der Waals surface area contributed by atoms with E-state index in [2.05, 4.69) is 32.9 Å². The molecule has 0 saturated carbocycles. The van der Waals surface area contributed by atoms with E-state index in [1.165, 1.54) is 30.4 Å². The Labute approximate surface area is 97.6 Å². The van der Waals surface area contributed by atoms with Gasteiger partial charge in [0.05, 0.1) is 0 Å². The van der Waals surface area contributed by atoms with E-state index in [0.717, 1.165) is 10.9 Å². The third kappa shape index (κ3) is 2.55. The molecule has 15 heavy (non-hydrogen) atoms. The van der Waals surface area contributed by atoms with Gasteiger partial charge in [-0.05, 0) is 47.8 Å². The quantitative estimate of drug-likeness (QED) is 0.657. The van der Waals surface area contributed by atoms with Crippen LogP contribution in [0.2, 0.25) is 5.02 Å². The monoisotopic (exact) mass is 222 g/mol. The largest absolute Gasteiger partial charge is 0.0840 e. The van der Waals surface area contributed by atoms with Gasteiger partial charge in [-0.15, -0.1) is 0 Å². The predicted molar refractivity (Wildman–Crippen MR) is 66.4 cm³/mol. The molecular formula is C14H19Cl. The number of rotatable bonds is 1. The van der Waals surface area contributed by atoms with Crippen LogP contribution in [0.25, 0.3) is 0 Å². The molecular weight excluding hydrogens is 204 g/mol. The van der Waals surface area contributed by atoms with Gasteiger partial charge in [0.1, 0.15) is 0 Å². The Morgan fingerprint density at radius 1 is 1.27 bits per heavy atom. The maximum absolute atomic E-state index is 6.21. The van der Waals surface area contributed by atoms with E-state index < -0.39 is 0 Å². The predicted octanol–water partition coefficient (Wildman–Crippen LogP) is 4.49. The second-order valence-corrected chi connectivity index (χ2v) is 6.32. The Morgan fingerprint density at radius 2 is 2.00 bits per heavy atom. The molecule has 0 aromatic heterocycles. The van der Waals surface area contributed by atoms with Gasteiger partial charge in [-0.2, -0.15) is 0 Å². The van der Waals surface area contributed by atoms with Crippen molar-refractivity contribution in [2.24, 2.45) is 11.3 Å². The van der Waals surface area contributed by atoms with E-state index >= 15 is 0 Å². The van der Waals surface area contributed by atoms with Gasteiger partial charge in [-0.1, -0.05) is 44.5 Å². The normalized spacial score (nSPS) is 20.4. The molecule has 0 aliphatic heterocycles. The summed E-state index contributed by atoms with van der Waals surface area (Å²) in [6, 6.07) is 6.31. The van der Waals surface area contributed by atoms with Gasteiger partial charge in [0, 0.05) is 5.02 Å². The molecule has 0 spiro atoms. The average Bonchev–Trinajstić information content (AvgIpc) is 2.45. The highest BCUT2D eigenvalue weighted by atomic mass is 35.5. The first-order valence-corrected chi connectivity index (χ1v) is 6.10. The average molecular weight is 223 g/mol. The Morgan fingerprint density at radius 3 is 2.60 bits per heavy atom. The summed E-state index contributed by atoms with van der Waals surface area (Å²) >= 11 is 6.21. The lowest BCUT2D eigenvalue weighted by atomic mass is 9.83. The minimum Gasteiger partial charge on any atom is -0.0840 e. The van der Waals surface area contributed by atoms with E-state index in [1.807, 2.05) is 6.07 Å². The topological polar surface area (TPSA) is 0 Å².